The zero-order valence-corrected chi connectivity index (χ0v) is 64.5. The van der Waals surface area contributed by atoms with Gasteiger partial charge in [-0.15, -0.1) is 0 Å². The quantitative estimate of drug-likeness (QED) is 0.0222. The van der Waals surface area contributed by atoms with Crippen LogP contribution in [-0.2, 0) is 65.4 Å². The Kier molecular flexibility index (Phi) is 67.4. The Balaban J connectivity index is 5.17. The molecule has 0 saturated heterocycles. The first-order valence-corrected chi connectivity index (χ1v) is 43.0. The highest BCUT2D eigenvalue weighted by Gasteiger charge is 2.30. The second kappa shape index (κ2) is 68.8. The molecule has 0 aliphatic carbocycles. The van der Waals surface area contributed by atoms with E-state index in [1.54, 1.807) is 0 Å². The van der Waals surface area contributed by atoms with Crippen molar-refractivity contribution in [3.8, 4) is 0 Å². The summed E-state index contributed by atoms with van der Waals surface area (Å²) >= 11 is 0. The molecule has 19 heteroatoms. The van der Waals surface area contributed by atoms with E-state index in [1.807, 2.05) is 0 Å². The highest BCUT2D eigenvalue weighted by atomic mass is 31.2. The molecule has 0 aliphatic rings. The SMILES string of the molecule is CCCCCCCCCCCCCCCCCCCCCCCCC(=O)O[C@H](COC(=O)CCCCCCCCCCCC(C)C)COP(=O)(O)OC[C@@H](O)COP(=O)(O)OC[C@@H](COC(=O)CCCCCCCCCC(C)C)OC(=O)CCCCCCCCCCCCCC. The van der Waals surface area contributed by atoms with E-state index in [0.717, 1.165) is 102 Å². The fourth-order valence-electron chi connectivity index (χ4n) is 11.8. The molecular weight excluding hydrogens is 1260 g/mol. The van der Waals surface area contributed by atoms with Crippen molar-refractivity contribution in [3.05, 3.63) is 0 Å². The van der Waals surface area contributed by atoms with Gasteiger partial charge in [-0.25, -0.2) is 9.13 Å². The van der Waals surface area contributed by atoms with Crippen LogP contribution in [0.4, 0.5) is 0 Å². The Bertz CT molecular complexity index is 1860. The zero-order valence-electron chi connectivity index (χ0n) is 62.7. The number of hydrogen-bond donors (Lipinski definition) is 3. The van der Waals surface area contributed by atoms with Gasteiger partial charge in [0, 0.05) is 25.7 Å². The van der Waals surface area contributed by atoms with Crippen molar-refractivity contribution in [2.75, 3.05) is 39.6 Å². The van der Waals surface area contributed by atoms with Gasteiger partial charge in [0.25, 0.3) is 0 Å². The van der Waals surface area contributed by atoms with Gasteiger partial charge in [0.15, 0.2) is 12.2 Å². The van der Waals surface area contributed by atoms with Crippen LogP contribution in [0, 0.1) is 11.8 Å². The molecule has 0 heterocycles. The second-order valence-corrected chi connectivity index (χ2v) is 31.6. The summed E-state index contributed by atoms with van der Waals surface area (Å²) in [5.41, 5.74) is 0. The number of carbonyl (C=O) groups is 4. The average Bonchev–Trinajstić information content (AvgIpc) is 3.19. The maximum atomic E-state index is 13.1. The molecule has 0 spiro atoms. The molecule has 3 N–H and O–H groups in total. The van der Waals surface area contributed by atoms with E-state index < -0.39 is 97.5 Å². The summed E-state index contributed by atoms with van der Waals surface area (Å²) in [5.74, 6) is -0.668. The summed E-state index contributed by atoms with van der Waals surface area (Å²) in [6.45, 7) is 9.52. The molecule has 0 bridgehead atoms. The number of rotatable bonds is 76. The van der Waals surface area contributed by atoms with E-state index in [-0.39, 0.29) is 25.7 Å². The number of unbranched alkanes of at least 4 members (excludes halogenated alkanes) is 46. The van der Waals surface area contributed by atoms with E-state index in [2.05, 4.69) is 41.5 Å². The third kappa shape index (κ3) is 70.5. The highest BCUT2D eigenvalue weighted by Crippen LogP contribution is 2.45. The van der Waals surface area contributed by atoms with Crippen molar-refractivity contribution in [1.29, 1.82) is 0 Å². The number of carbonyl (C=O) groups excluding carboxylic acids is 4. The summed E-state index contributed by atoms with van der Waals surface area (Å²) in [6.07, 6.45) is 57.1. The van der Waals surface area contributed by atoms with Crippen molar-refractivity contribution < 1.29 is 80.2 Å². The summed E-state index contributed by atoms with van der Waals surface area (Å²) in [7, 11) is -9.91. The van der Waals surface area contributed by atoms with Crippen LogP contribution in [0.3, 0.4) is 0 Å². The van der Waals surface area contributed by atoms with E-state index in [9.17, 15) is 43.2 Å². The van der Waals surface area contributed by atoms with Crippen molar-refractivity contribution >= 4 is 39.5 Å². The topological polar surface area (TPSA) is 237 Å². The lowest BCUT2D eigenvalue weighted by Gasteiger charge is -2.21. The van der Waals surface area contributed by atoms with E-state index in [1.165, 1.54) is 212 Å². The molecule has 0 fully saturated rings. The Morgan fingerprint density at radius 2 is 0.479 bits per heavy atom. The monoisotopic (exact) mass is 1410 g/mol. The van der Waals surface area contributed by atoms with Gasteiger partial charge in [0.1, 0.15) is 19.3 Å². The molecule has 0 aliphatic heterocycles. The third-order valence-electron chi connectivity index (χ3n) is 18.0. The Hall–Kier alpha value is -1.94. The Morgan fingerprint density at radius 3 is 0.708 bits per heavy atom. The number of ether oxygens (including phenoxy) is 4. The fraction of sp³-hybridized carbons (Fsp3) is 0.948. The van der Waals surface area contributed by atoms with Gasteiger partial charge in [-0.3, -0.25) is 37.3 Å². The standard InChI is InChI=1S/C77H150O17P2/c1-7-9-11-13-15-17-19-21-22-23-24-25-26-27-28-29-30-32-36-43-50-56-62-77(82)93-72(65-87-74(79)59-53-47-41-37-33-34-39-45-51-57-69(3)4)67-91-95(83,84)89-63-71(78)64-90-96(85,86)92-68-73(66-88-75(80)60-54-48-44-38-40-46-52-58-70(5)6)94-76(81)61-55-49-42-35-31-20-18-16-14-12-10-8-2/h69-73,78H,7-68H2,1-6H3,(H,83,84)(H,85,86)/t71-,72-,73-/m1/s1. The van der Waals surface area contributed by atoms with Crippen molar-refractivity contribution in [2.45, 2.75) is 419 Å². The van der Waals surface area contributed by atoms with Gasteiger partial charge in [-0.05, 0) is 37.5 Å². The van der Waals surface area contributed by atoms with Gasteiger partial charge < -0.3 is 33.8 Å². The van der Waals surface area contributed by atoms with Crippen LogP contribution in [0.5, 0.6) is 0 Å². The third-order valence-corrected chi connectivity index (χ3v) is 19.9. The molecule has 5 atom stereocenters. The number of hydrogen-bond acceptors (Lipinski definition) is 15. The van der Waals surface area contributed by atoms with Crippen molar-refractivity contribution in [2.24, 2.45) is 11.8 Å². The first-order chi connectivity index (χ1) is 46.4. The zero-order chi connectivity index (χ0) is 70.7. The molecule has 96 heavy (non-hydrogen) atoms. The van der Waals surface area contributed by atoms with E-state index in [0.29, 0.717) is 31.6 Å². The van der Waals surface area contributed by atoms with Gasteiger partial charge in [-0.2, -0.15) is 0 Å². The number of phosphoric ester groups is 2. The molecule has 0 amide bonds. The number of phosphoric acid groups is 2. The lowest BCUT2D eigenvalue weighted by Crippen LogP contribution is -2.30. The van der Waals surface area contributed by atoms with Crippen molar-refractivity contribution in [1.82, 2.24) is 0 Å². The van der Waals surface area contributed by atoms with Crippen LogP contribution in [0.1, 0.15) is 401 Å². The predicted molar refractivity (Wildman–Crippen MR) is 391 cm³/mol. The minimum atomic E-state index is -4.96. The van der Waals surface area contributed by atoms with Crippen LogP contribution >= 0.6 is 15.6 Å². The summed E-state index contributed by atoms with van der Waals surface area (Å²) in [4.78, 5) is 72.8. The predicted octanol–water partition coefficient (Wildman–Crippen LogP) is 22.7. The Labute approximate surface area is 588 Å². The molecule has 0 aromatic rings. The molecule has 17 nitrogen and oxygen atoms in total. The average molecular weight is 1410 g/mol. The van der Waals surface area contributed by atoms with Crippen LogP contribution in [0.15, 0.2) is 0 Å². The second-order valence-electron chi connectivity index (χ2n) is 28.7. The van der Waals surface area contributed by atoms with E-state index in [4.69, 9.17) is 37.0 Å². The van der Waals surface area contributed by atoms with Crippen LogP contribution in [-0.4, -0.2) is 96.7 Å². The normalized spacial score (nSPS) is 14.0. The highest BCUT2D eigenvalue weighted by molar-refractivity contribution is 7.47. The molecule has 0 rings (SSSR count). The van der Waals surface area contributed by atoms with Crippen molar-refractivity contribution in [3.63, 3.8) is 0 Å². The number of esters is 4. The van der Waals surface area contributed by atoms with Gasteiger partial charge in [0.05, 0.1) is 26.4 Å². The van der Waals surface area contributed by atoms with Crippen LogP contribution in [0.25, 0.3) is 0 Å². The first kappa shape index (κ1) is 94.1. The molecule has 570 valence electrons. The smallest absolute Gasteiger partial charge is 0.462 e. The molecular formula is C77H150O17P2. The van der Waals surface area contributed by atoms with Gasteiger partial charge in [-0.1, -0.05) is 350 Å². The molecule has 0 radical (unpaired) electrons. The largest absolute Gasteiger partial charge is 0.472 e. The summed E-state index contributed by atoms with van der Waals surface area (Å²) < 4.78 is 68.5. The first-order valence-electron chi connectivity index (χ1n) is 40.0. The van der Waals surface area contributed by atoms with Gasteiger partial charge >= 0.3 is 39.5 Å². The lowest BCUT2D eigenvalue weighted by molar-refractivity contribution is -0.161. The molecule has 2 unspecified atom stereocenters. The summed E-state index contributed by atoms with van der Waals surface area (Å²) in [5, 5.41) is 10.6. The lowest BCUT2D eigenvalue weighted by atomic mass is 10.0. The number of aliphatic hydroxyl groups excluding tert-OH is 1. The Morgan fingerprint density at radius 1 is 0.281 bits per heavy atom. The molecule has 0 aromatic carbocycles. The van der Waals surface area contributed by atoms with Gasteiger partial charge in [0.2, 0.25) is 0 Å². The maximum Gasteiger partial charge on any atom is 0.472 e. The minimum absolute atomic E-state index is 0.107. The minimum Gasteiger partial charge on any atom is -0.462 e. The molecule has 0 aromatic heterocycles. The maximum absolute atomic E-state index is 13.1. The summed E-state index contributed by atoms with van der Waals surface area (Å²) in [6, 6.07) is 0. The van der Waals surface area contributed by atoms with Crippen LogP contribution in [0.2, 0.25) is 0 Å². The fourth-order valence-corrected chi connectivity index (χ4v) is 13.4. The van der Waals surface area contributed by atoms with Crippen LogP contribution < -0.4 is 0 Å². The van der Waals surface area contributed by atoms with E-state index >= 15 is 0 Å². The number of aliphatic hydroxyl groups is 1. The molecule has 0 saturated carbocycles.